The van der Waals surface area contributed by atoms with Gasteiger partial charge in [0, 0.05) is 11.7 Å². The Labute approximate surface area is 195 Å². The predicted molar refractivity (Wildman–Crippen MR) is 130 cm³/mol. The fourth-order valence-corrected chi connectivity index (χ4v) is 5.59. The first-order valence-corrected chi connectivity index (χ1v) is 12.5. The summed E-state index contributed by atoms with van der Waals surface area (Å²) >= 11 is 0. The molecular weight excluding hydrogens is 436 g/mol. The molecule has 1 atom stereocenters. The molecule has 1 aliphatic rings. The first-order valence-electron chi connectivity index (χ1n) is 11.0. The number of rotatable bonds is 7. The van der Waals surface area contributed by atoms with Gasteiger partial charge in [0.25, 0.3) is 10.0 Å². The van der Waals surface area contributed by atoms with Crippen molar-refractivity contribution in [1.29, 1.82) is 0 Å². The summed E-state index contributed by atoms with van der Waals surface area (Å²) in [6.07, 6.45) is 0.748. The largest absolute Gasteiger partial charge is 0.494 e. The Morgan fingerprint density at radius 3 is 2.36 bits per heavy atom. The van der Waals surface area contributed by atoms with Crippen molar-refractivity contribution in [2.75, 3.05) is 22.4 Å². The molecule has 0 saturated carbocycles. The van der Waals surface area contributed by atoms with Crippen molar-refractivity contribution in [2.24, 2.45) is 0 Å². The van der Waals surface area contributed by atoms with Crippen molar-refractivity contribution in [3.63, 3.8) is 0 Å². The van der Waals surface area contributed by atoms with Gasteiger partial charge in [0.2, 0.25) is 5.91 Å². The molecule has 0 spiro atoms. The van der Waals surface area contributed by atoms with Crippen LogP contribution in [0.3, 0.4) is 0 Å². The second-order valence-corrected chi connectivity index (χ2v) is 10.1. The molecule has 0 bridgehead atoms. The minimum atomic E-state index is -3.99. The van der Waals surface area contributed by atoms with E-state index in [1.54, 1.807) is 29.2 Å². The Morgan fingerprint density at radius 1 is 1.03 bits per heavy atom. The molecule has 172 valence electrons. The van der Waals surface area contributed by atoms with Gasteiger partial charge in [-0.3, -0.25) is 9.10 Å². The van der Waals surface area contributed by atoms with Gasteiger partial charge in [0.1, 0.15) is 12.3 Å². The molecule has 1 aliphatic heterocycles. The van der Waals surface area contributed by atoms with Crippen molar-refractivity contribution >= 4 is 27.3 Å². The lowest BCUT2D eigenvalue weighted by molar-refractivity contribution is -0.117. The molecule has 4 rings (SSSR count). The summed E-state index contributed by atoms with van der Waals surface area (Å²) in [7, 11) is -3.99. The molecule has 0 saturated heterocycles. The van der Waals surface area contributed by atoms with Crippen molar-refractivity contribution in [3.8, 4) is 5.75 Å². The number of aryl methyl sites for hydroxylation is 1. The second kappa shape index (κ2) is 9.27. The van der Waals surface area contributed by atoms with E-state index >= 15 is 0 Å². The fourth-order valence-electron chi connectivity index (χ4n) is 4.17. The van der Waals surface area contributed by atoms with Crippen molar-refractivity contribution in [1.82, 2.24) is 0 Å². The molecule has 3 aromatic rings. The number of carbonyl (C=O) groups is 1. The van der Waals surface area contributed by atoms with Crippen LogP contribution in [0.2, 0.25) is 0 Å². The maximum atomic E-state index is 13.7. The Kier molecular flexibility index (Phi) is 6.42. The number of hydrogen-bond donors (Lipinski definition) is 0. The first kappa shape index (κ1) is 22.9. The standard InChI is InChI=1S/C26H28N2O4S/c1-4-32-23-13-15-24(16-14-23)33(30,31)27(22-11-9-19(2)10-12-22)18-26(29)28-20(3)17-21-7-5-6-8-25(21)28/h5-16,20H,4,17-18H2,1-3H3. The summed E-state index contributed by atoms with van der Waals surface area (Å²) in [5.74, 6) is 0.333. The first-order chi connectivity index (χ1) is 15.8. The topological polar surface area (TPSA) is 66.9 Å². The van der Waals surface area contributed by atoms with E-state index in [9.17, 15) is 13.2 Å². The summed E-state index contributed by atoms with van der Waals surface area (Å²) in [5, 5.41) is 0. The van der Waals surface area contributed by atoms with E-state index in [0.717, 1.165) is 23.2 Å². The number of sulfonamides is 1. The van der Waals surface area contributed by atoms with E-state index < -0.39 is 10.0 Å². The van der Waals surface area contributed by atoms with Crippen LogP contribution in [0.25, 0.3) is 0 Å². The van der Waals surface area contributed by atoms with Gasteiger partial charge in [-0.25, -0.2) is 8.42 Å². The molecule has 0 fully saturated rings. The van der Waals surface area contributed by atoms with Gasteiger partial charge in [0.15, 0.2) is 0 Å². The second-order valence-electron chi connectivity index (χ2n) is 8.20. The zero-order chi connectivity index (χ0) is 23.6. The predicted octanol–water partition coefficient (Wildman–Crippen LogP) is 4.57. The normalized spacial score (nSPS) is 15.2. The zero-order valence-electron chi connectivity index (χ0n) is 19.1. The monoisotopic (exact) mass is 464 g/mol. The van der Waals surface area contributed by atoms with E-state index in [1.807, 2.05) is 57.2 Å². The van der Waals surface area contributed by atoms with E-state index in [4.69, 9.17) is 4.74 Å². The molecule has 0 aromatic heterocycles. The number of anilines is 2. The van der Waals surface area contributed by atoms with Gasteiger partial charge in [-0.05, 0) is 75.2 Å². The summed E-state index contributed by atoms with van der Waals surface area (Å²) in [6, 6.07) is 21.2. The molecule has 0 radical (unpaired) electrons. The fraction of sp³-hybridized carbons (Fsp3) is 0.269. The van der Waals surface area contributed by atoms with Crippen LogP contribution in [0.4, 0.5) is 11.4 Å². The molecule has 1 amide bonds. The van der Waals surface area contributed by atoms with E-state index in [-0.39, 0.29) is 23.4 Å². The third-order valence-electron chi connectivity index (χ3n) is 5.80. The number of nitrogens with zero attached hydrogens (tertiary/aromatic N) is 2. The summed E-state index contributed by atoms with van der Waals surface area (Å²) < 4.78 is 34.0. The van der Waals surface area contributed by atoms with E-state index in [0.29, 0.717) is 18.0 Å². The van der Waals surface area contributed by atoms with Gasteiger partial charge >= 0.3 is 0 Å². The van der Waals surface area contributed by atoms with Gasteiger partial charge < -0.3 is 9.64 Å². The zero-order valence-corrected chi connectivity index (χ0v) is 19.9. The Morgan fingerprint density at radius 2 is 1.70 bits per heavy atom. The maximum Gasteiger partial charge on any atom is 0.264 e. The van der Waals surface area contributed by atoms with Crippen LogP contribution in [0, 0.1) is 6.92 Å². The van der Waals surface area contributed by atoms with E-state index in [2.05, 4.69) is 0 Å². The number of amides is 1. The average molecular weight is 465 g/mol. The minimum Gasteiger partial charge on any atom is -0.494 e. The van der Waals surface area contributed by atoms with Crippen LogP contribution in [0.15, 0.2) is 77.7 Å². The van der Waals surface area contributed by atoms with Gasteiger partial charge in [-0.15, -0.1) is 0 Å². The Bertz CT molecular complexity index is 1240. The van der Waals surface area contributed by atoms with Crippen LogP contribution in [-0.2, 0) is 21.2 Å². The molecular formula is C26H28N2O4S. The SMILES string of the molecule is CCOc1ccc(S(=O)(=O)N(CC(=O)N2c3ccccc3CC2C)c2ccc(C)cc2)cc1. The minimum absolute atomic E-state index is 0.0389. The highest BCUT2D eigenvalue weighted by Gasteiger charge is 2.34. The number of carbonyl (C=O) groups excluding carboxylic acids is 1. The maximum absolute atomic E-state index is 13.7. The van der Waals surface area contributed by atoms with Gasteiger partial charge in [0.05, 0.1) is 17.2 Å². The smallest absolute Gasteiger partial charge is 0.264 e. The molecule has 1 unspecified atom stereocenters. The lowest BCUT2D eigenvalue weighted by atomic mass is 10.1. The van der Waals surface area contributed by atoms with Crippen molar-refractivity contribution < 1.29 is 17.9 Å². The van der Waals surface area contributed by atoms with Gasteiger partial charge in [-0.1, -0.05) is 35.9 Å². The van der Waals surface area contributed by atoms with Crippen LogP contribution in [0.1, 0.15) is 25.0 Å². The quantitative estimate of drug-likeness (QED) is 0.514. The average Bonchev–Trinajstić information content (AvgIpc) is 3.14. The molecule has 0 N–H and O–H groups in total. The molecule has 6 nitrogen and oxygen atoms in total. The van der Waals surface area contributed by atoms with Crippen LogP contribution in [-0.4, -0.2) is 33.5 Å². The van der Waals surface area contributed by atoms with Crippen LogP contribution in [0.5, 0.6) is 5.75 Å². The third kappa shape index (κ3) is 4.59. The van der Waals surface area contributed by atoms with Crippen molar-refractivity contribution in [2.45, 2.75) is 38.1 Å². The summed E-state index contributed by atoms with van der Waals surface area (Å²) in [4.78, 5) is 15.3. The molecule has 3 aromatic carbocycles. The number of fused-ring (bicyclic) bond motifs is 1. The van der Waals surface area contributed by atoms with E-state index in [1.165, 1.54) is 16.4 Å². The summed E-state index contributed by atoms with van der Waals surface area (Å²) in [6.45, 7) is 5.98. The highest BCUT2D eigenvalue weighted by molar-refractivity contribution is 7.92. The molecule has 0 aliphatic carbocycles. The molecule has 1 heterocycles. The lowest BCUT2D eigenvalue weighted by Crippen LogP contribution is -2.45. The van der Waals surface area contributed by atoms with Crippen LogP contribution < -0.4 is 13.9 Å². The Hall–Kier alpha value is -3.32. The Balaban J connectivity index is 1.70. The molecule has 7 heteroatoms. The highest BCUT2D eigenvalue weighted by Crippen LogP contribution is 2.33. The third-order valence-corrected chi connectivity index (χ3v) is 7.59. The highest BCUT2D eigenvalue weighted by atomic mass is 32.2. The number of benzene rings is 3. The number of para-hydroxylation sites is 1. The van der Waals surface area contributed by atoms with Crippen molar-refractivity contribution in [3.05, 3.63) is 83.9 Å². The number of ether oxygens (including phenoxy) is 1. The number of hydrogen-bond acceptors (Lipinski definition) is 4. The molecule has 33 heavy (non-hydrogen) atoms. The van der Waals surface area contributed by atoms with Gasteiger partial charge in [-0.2, -0.15) is 0 Å². The summed E-state index contributed by atoms with van der Waals surface area (Å²) in [5.41, 5.74) is 3.39. The van der Waals surface area contributed by atoms with Crippen LogP contribution >= 0.6 is 0 Å². The lowest BCUT2D eigenvalue weighted by Gasteiger charge is -2.29.